The Hall–Kier alpha value is -1.30. The van der Waals surface area contributed by atoms with Crippen molar-refractivity contribution in [1.29, 1.82) is 0 Å². The molecule has 1 aliphatic rings. The zero-order chi connectivity index (χ0) is 16.0. The van der Waals surface area contributed by atoms with E-state index in [4.69, 9.17) is 4.74 Å². The van der Waals surface area contributed by atoms with Gasteiger partial charge in [-0.1, -0.05) is 27.2 Å². The predicted molar refractivity (Wildman–Crippen MR) is 80.2 cm³/mol. The summed E-state index contributed by atoms with van der Waals surface area (Å²) in [5, 5.41) is 12.4. The second-order valence-corrected chi connectivity index (χ2v) is 6.42. The lowest BCUT2D eigenvalue weighted by atomic mass is 9.76. The summed E-state index contributed by atoms with van der Waals surface area (Å²) in [6.07, 6.45) is 3.38. The number of amides is 2. The Morgan fingerprint density at radius 3 is 2.67 bits per heavy atom. The number of piperidine rings is 1. The maximum absolute atomic E-state index is 12.5. The second-order valence-electron chi connectivity index (χ2n) is 6.42. The van der Waals surface area contributed by atoms with Gasteiger partial charge in [-0.3, -0.25) is 0 Å². The van der Waals surface area contributed by atoms with E-state index in [0.717, 1.165) is 25.7 Å². The number of hydrogen-bond donors (Lipinski definition) is 2. The molecule has 0 bridgehead atoms. The fraction of sp³-hybridized carbons (Fsp3) is 0.867. The maximum Gasteiger partial charge on any atom is 0.327 e. The van der Waals surface area contributed by atoms with Gasteiger partial charge in [-0.2, -0.15) is 0 Å². The zero-order valence-electron chi connectivity index (χ0n) is 13.5. The van der Waals surface area contributed by atoms with Crippen molar-refractivity contribution in [3.63, 3.8) is 0 Å². The van der Waals surface area contributed by atoms with Gasteiger partial charge in [-0.25, -0.2) is 9.59 Å². The number of urea groups is 1. The number of ether oxygens (including phenoxy) is 1. The summed E-state index contributed by atoms with van der Waals surface area (Å²) in [5.74, 6) is -0.936. The summed E-state index contributed by atoms with van der Waals surface area (Å²) in [7, 11) is 1.60. The molecule has 2 unspecified atom stereocenters. The topological polar surface area (TPSA) is 78.9 Å². The lowest BCUT2D eigenvalue weighted by molar-refractivity contribution is -0.148. The summed E-state index contributed by atoms with van der Waals surface area (Å²) in [5.41, 5.74) is -0.414. The van der Waals surface area contributed by atoms with Crippen molar-refractivity contribution in [3.05, 3.63) is 0 Å². The molecule has 1 fully saturated rings. The van der Waals surface area contributed by atoms with Gasteiger partial charge in [0.2, 0.25) is 0 Å². The number of nitrogens with one attached hydrogen (secondary N) is 1. The number of carbonyl (C=O) groups is 2. The van der Waals surface area contributed by atoms with E-state index in [1.165, 1.54) is 4.90 Å². The van der Waals surface area contributed by atoms with Crippen molar-refractivity contribution in [1.82, 2.24) is 10.2 Å². The Balaban J connectivity index is 2.80. The fourth-order valence-electron chi connectivity index (χ4n) is 3.08. The van der Waals surface area contributed by atoms with Gasteiger partial charge in [0.1, 0.15) is 6.04 Å². The highest BCUT2D eigenvalue weighted by Crippen LogP contribution is 2.35. The van der Waals surface area contributed by atoms with Gasteiger partial charge in [0.15, 0.2) is 0 Å². The monoisotopic (exact) mass is 300 g/mol. The molecule has 21 heavy (non-hydrogen) atoms. The molecule has 6 heteroatoms. The highest BCUT2D eigenvalue weighted by Gasteiger charge is 2.44. The molecule has 0 saturated carbocycles. The molecule has 2 N–H and O–H groups in total. The lowest BCUT2D eigenvalue weighted by Crippen LogP contribution is -2.60. The first-order chi connectivity index (χ1) is 9.83. The number of likely N-dealkylation sites (tertiary alicyclic amines) is 1. The molecule has 0 spiro atoms. The molecule has 2 amide bonds. The summed E-state index contributed by atoms with van der Waals surface area (Å²) < 4.78 is 5.11. The van der Waals surface area contributed by atoms with Gasteiger partial charge in [-0.15, -0.1) is 0 Å². The molecule has 1 heterocycles. The summed E-state index contributed by atoms with van der Waals surface area (Å²) in [6, 6.07) is -1.16. The number of rotatable bonds is 6. The molecule has 1 rings (SSSR count). The van der Waals surface area contributed by atoms with Gasteiger partial charge in [0, 0.05) is 13.7 Å². The smallest absolute Gasteiger partial charge is 0.327 e. The van der Waals surface area contributed by atoms with Crippen LogP contribution in [0.5, 0.6) is 0 Å². The van der Waals surface area contributed by atoms with Gasteiger partial charge in [0.25, 0.3) is 0 Å². The molecule has 0 aromatic rings. The van der Waals surface area contributed by atoms with Crippen molar-refractivity contribution >= 4 is 12.0 Å². The molecule has 1 saturated heterocycles. The van der Waals surface area contributed by atoms with Gasteiger partial charge >= 0.3 is 12.0 Å². The van der Waals surface area contributed by atoms with E-state index in [1.807, 2.05) is 20.8 Å². The number of carbonyl (C=O) groups excluding carboxylic acids is 1. The van der Waals surface area contributed by atoms with Crippen LogP contribution in [0.25, 0.3) is 0 Å². The van der Waals surface area contributed by atoms with Gasteiger partial charge in [-0.05, 0) is 24.7 Å². The Labute approximate surface area is 126 Å². The van der Waals surface area contributed by atoms with Crippen LogP contribution in [0.1, 0.15) is 46.5 Å². The standard InChI is InChI=1S/C15H28N2O4/c1-5-7-11(10-21-4)16-14(20)17-9-6-8-15(2,3)12(17)13(18)19/h11-12H,5-10H2,1-4H3,(H,16,20)(H,18,19). The lowest BCUT2D eigenvalue weighted by Gasteiger charge is -2.44. The van der Waals surface area contributed by atoms with Gasteiger partial charge in [0.05, 0.1) is 12.6 Å². The molecule has 2 atom stereocenters. The Morgan fingerprint density at radius 1 is 1.48 bits per heavy atom. The first-order valence-corrected chi connectivity index (χ1v) is 7.62. The van der Waals surface area contributed by atoms with Crippen molar-refractivity contribution in [2.75, 3.05) is 20.3 Å². The summed E-state index contributed by atoms with van der Waals surface area (Å²) in [6.45, 7) is 6.78. The molecule has 122 valence electrons. The van der Waals surface area contributed by atoms with Crippen LogP contribution < -0.4 is 5.32 Å². The highest BCUT2D eigenvalue weighted by molar-refractivity contribution is 5.83. The molecule has 0 radical (unpaired) electrons. The number of aliphatic carboxylic acids is 1. The van der Waals surface area contributed by atoms with E-state index < -0.39 is 17.4 Å². The molecule has 0 aromatic heterocycles. The molecule has 0 aliphatic carbocycles. The minimum atomic E-state index is -0.936. The van der Waals surface area contributed by atoms with Crippen LogP contribution in [0.15, 0.2) is 0 Å². The van der Waals surface area contributed by atoms with E-state index >= 15 is 0 Å². The Morgan fingerprint density at radius 2 is 2.14 bits per heavy atom. The van der Waals surface area contributed by atoms with Crippen LogP contribution in [0.4, 0.5) is 4.79 Å². The number of nitrogens with zero attached hydrogens (tertiary/aromatic N) is 1. The first-order valence-electron chi connectivity index (χ1n) is 7.62. The average Bonchev–Trinajstić information content (AvgIpc) is 2.37. The Kier molecular flexibility index (Phi) is 6.45. The minimum absolute atomic E-state index is 0.0769. The SMILES string of the molecule is CCCC(COC)NC(=O)N1CCCC(C)(C)C1C(=O)O. The van der Waals surface area contributed by atoms with E-state index in [0.29, 0.717) is 13.2 Å². The van der Waals surface area contributed by atoms with Crippen LogP contribution in [0.2, 0.25) is 0 Å². The minimum Gasteiger partial charge on any atom is -0.480 e. The number of carboxylic acid groups (broad SMARTS) is 1. The van der Waals surface area contributed by atoms with Crippen molar-refractivity contribution in [2.24, 2.45) is 5.41 Å². The zero-order valence-corrected chi connectivity index (χ0v) is 13.5. The highest BCUT2D eigenvalue weighted by atomic mass is 16.5. The molecule has 1 aliphatic heterocycles. The number of methoxy groups -OCH3 is 1. The molecule has 0 aromatic carbocycles. The third-order valence-corrected chi connectivity index (χ3v) is 4.10. The van der Waals surface area contributed by atoms with E-state index in [9.17, 15) is 14.7 Å². The third-order valence-electron chi connectivity index (χ3n) is 4.10. The number of hydrogen-bond acceptors (Lipinski definition) is 3. The summed E-state index contributed by atoms with van der Waals surface area (Å²) in [4.78, 5) is 25.5. The van der Waals surface area contributed by atoms with E-state index in [-0.39, 0.29) is 12.1 Å². The quantitative estimate of drug-likeness (QED) is 0.787. The average molecular weight is 300 g/mol. The first kappa shape index (κ1) is 17.8. The normalized spacial score (nSPS) is 22.7. The summed E-state index contributed by atoms with van der Waals surface area (Å²) >= 11 is 0. The van der Waals surface area contributed by atoms with E-state index in [1.54, 1.807) is 7.11 Å². The molecular weight excluding hydrogens is 272 g/mol. The van der Waals surface area contributed by atoms with Crippen LogP contribution in [0, 0.1) is 5.41 Å². The van der Waals surface area contributed by atoms with E-state index in [2.05, 4.69) is 5.32 Å². The second kappa shape index (κ2) is 7.64. The third kappa shape index (κ3) is 4.59. The number of carboxylic acids is 1. The predicted octanol–water partition coefficient (Wildman–Crippen LogP) is 2.09. The van der Waals surface area contributed by atoms with Crippen LogP contribution in [0.3, 0.4) is 0 Å². The maximum atomic E-state index is 12.5. The van der Waals surface area contributed by atoms with Crippen LogP contribution in [-0.4, -0.2) is 54.4 Å². The van der Waals surface area contributed by atoms with Crippen LogP contribution >= 0.6 is 0 Å². The van der Waals surface area contributed by atoms with Crippen molar-refractivity contribution in [2.45, 2.75) is 58.5 Å². The molecular formula is C15H28N2O4. The van der Waals surface area contributed by atoms with Crippen molar-refractivity contribution in [3.8, 4) is 0 Å². The van der Waals surface area contributed by atoms with Crippen LogP contribution in [-0.2, 0) is 9.53 Å². The van der Waals surface area contributed by atoms with Gasteiger partial charge < -0.3 is 20.1 Å². The Bertz CT molecular complexity index is 365. The fourth-order valence-corrected chi connectivity index (χ4v) is 3.08. The largest absolute Gasteiger partial charge is 0.480 e. The molecule has 6 nitrogen and oxygen atoms in total. The van der Waals surface area contributed by atoms with Crippen molar-refractivity contribution < 1.29 is 19.4 Å².